The van der Waals surface area contributed by atoms with Gasteiger partial charge in [0.05, 0.1) is 39.5 Å². The lowest BCUT2D eigenvalue weighted by Gasteiger charge is -2.36. The van der Waals surface area contributed by atoms with Crippen LogP contribution in [-0.4, -0.2) is 155 Å². The Hall–Kier alpha value is -4.73. The fraction of sp³-hybridized carbons (Fsp3) is 0.545. The number of phosphoric acid groups is 3. The molecule has 3 saturated heterocycles. The van der Waals surface area contributed by atoms with Crippen molar-refractivity contribution in [2.75, 3.05) is 44.1 Å². The Labute approximate surface area is 426 Å². The van der Waals surface area contributed by atoms with E-state index < -0.39 is 134 Å². The second-order valence-electron chi connectivity index (χ2n) is 17.0. The predicted octanol–water partition coefficient (Wildman–Crippen LogP) is -6.73. The summed E-state index contributed by atoms with van der Waals surface area (Å²) in [5.41, 5.74) is 13.2. The third-order valence-electron chi connectivity index (χ3n) is 11.9. The highest BCUT2D eigenvalue weighted by atomic mass is 32.5. The number of aliphatic hydroxyl groups excluding tert-OH is 3. The number of ether oxygens (including phenoxy) is 4. The zero-order valence-electron chi connectivity index (χ0n) is 38.7. The van der Waals surface area contributed by atoms with Crippen LogP contribution in [0, 0.1) is 0 Å². The molecule has 0 aliphatic carbocycles. The Morgan fingerprint density at radius 1 is 0.776 bits per heavy atom. The molecule has 0 aromatic carbocycles. The van der Waals surface area contributed by atoms with E-state index in [0.29, 0.717) is 0 Å². The number of nitrogen functional groups attached to an aromatic ring is 3. The number of methoxy groups -OCH3 is 1. The van der Waals surface area contributed by atoms with Gasteiger partial charge in [-0.3, -0.25) is 47.0 Å². The predicted molar refractivity (Wildman–Crippen MR) is 241 cm³/mol. The number of aromatic nitrogens is 12. The summed E-state index contributed by atoms with van der Waals surface area (Å²) in [6.45, 7) is -7.26. The van der Waals surface area contributed by atoms with E-state index in [-0.39, 0.29) is 51.2 Å². The Morgan fingerprint density at radius 3 is 2.04 bits per heavy atom. The van der Waals surface area contributed by atoms with Gasteiger partial charge in [-0.15, -0.1) is 0 Å². The molecule has 0 amide bonds. The van der Waals surface area contributed by atoms with Gasteiger partial charge in [0.25, 0.3) is 40.5 Å². The Balaban J connectivity index is 0.867. The molecular formula is C33H42N15O23P4S-3. The number of aliphatic hydroxyl groups is 4. The Morgan fingerprint density at radius 2 is 1.37 bits per heavy atom. The van der Waals surface area contributed by atoms with Crippen molar-refractivity contribution in [3.8, 4) is 0 Å². The summed E-state index contributed by atoms with van der Waals surface area (Å²) < 4.78 is 94.7. The van der Waals surface area contributed by atoms with Crippen molar-refractivity contribution in [2.24, 2.45) is 7.05 Å². The lowest BCUT2D eigenvalue weighted by Crippen LogP contribution is -2.53. The van der Waals surface area contributed by atoms with Gasteiger partial charge in [-0.2, -0.15) is 4.98 Å². The van der Waals surface area contributed by atoms with Crippen LogP contribution in [0.1, 0.15) is 25.6 Å². The van der Waals surface area contributed by atoms with Crippen molar-refractivity contribution in [2.45, 2.75) is 80.0 Å². The first-order valence-electron chi connectivity index (χ1n) is 21.5. The van der Waals surface area contributed by atoms with Crippen LogP contribution in [0.15, 0.2) is 34.9 Å². The number of fused-ring (bicyclic) bond motifs is 3. The molecule has 16 atom stereocenters. The van der Waals surface area contributed by atoms with Gasteiger partial charge in [0, 0.05) is 7.11 Å². The SMILES string of the molecule is COC1C(OP([O-])(=S)OCC2OC(n3cnc4c(=O)[nH]c(N)nc43)C(O)C2O)C(COP(=O)([O-])OP(=O)([O-])OP(=O)([O-])OCC2OC([n+]3cn(C)c4c(=O)[nH]c(N)nc43)C(C)(O)C2O)OC1n1cnc2c(N)ncnc21. The summed E-state index contributed by atoms with van der Waals surface area (Å²) in [5.74, 6) is -0.719. The van der Waals surface area contributed by atoms with Crippen LogP contribution in [0.4, 0.5) is 17.7 Å². The van der Waals surface area contributed by atoms with Crippen molar-refractivity contribution in [1.29, 1.82) is 0 Å². The highest BCUT2D eigenvalue weighted by molar-refractivity contribution is 8.06. The first-order valence-corrected chi connectivity index (χ1v) is 28.4. The molecule has 3 aliphatic rings. The first-order chi connectivity index (χ1) is 35.5. The van der Waals surface area contributed by atoms with Crippen molar-refractivity contribution in [1.82, 2.24) is 53.6 Å². The van der Waals surface area contributed by atoms with Crippen LogP contribution in [-0.2, 0) is 78.2 Å². The molecule has 0 radical (unpaired) electrons. The van der Waals surface area contributed by atoms with E-state index >= 15 is 0 Å². The summed E-state index contributed by atoms with van der Waals surface area (Å²) >= 11 is 5.15. The van der Waals surface area contributed by atoms with Crippen molar-refractivity contribution >= 4 is 93.2 Å². The van der Waals surface area contributed by atoms with Crippen molar-refractivity contribution in [3.63, 3.8) is 0 Å². The molecule has 16 unspecified atom stereocenters. The van der Waals surface area contributed by atoms with Crippen molar-refractivity contribution < 1.29 is 104 Å². The molecule has 416 valence electrons. The van der Waals surface area contributed by atoms with Gasteiger partial charge >= 0.3 is 5.65 Å². The molecule has 38 nitrogen and oxygen atoms in total. The minimum atomic E-state index is -6.57. The topological polar surface area (TPSA) is 556 Å². The maximum absolute atomic E-state index is 13.9. The van der Waals surface area contributed by atoms with Crippen molar-refractivity contribution in [3.05, 3.63) is 46.0 Å². The van der Waals surface area contributed by atoms with Gasteiger partial charge in [0.15, 0.2) is 41.4 Å². The lowest BCUT2D eigenvalue weighted by molar-refractivity contribution is -0.752. The Bertz CT molecular complexity index is 3530. The van der Waals surface area contributed by atoms with E-state index in [2.05, 4.69) is 53.0 Å². The van der Waals surface area contributed by atoms with E-state index in [1.54, 1.807) is 0 Å². The van der Waals surface area contributed by atoms with Gasteiger partial charge in [-0.05, 0) is 6.92 Å². The number of nitrogens with zero attached hydrogens (tertiary/aromatic N) is 10. The molecule has 9 heterocycles. The average molecular weight is 1170 g/mol. The molecule has 6 aromatic rings. The third kappa shape index (κ3) is 10.9. The number of imidazole rings is 3. The number of anilines is 3. The van der Waals surface area contributed by atoms with E-state index in [0.717, 1.165) is 42.1 Å². The third-order valence-corrected chi connectivity index (χ3v) is 17.6. The molecule has 0 spiro atoms. The minimum Gasteiger partial charge on any atom is -0.780 e. The maximum Gasteiger partial charge on any atom is 0.313 e. The molecular weight excluding hydrogens is 1130 g/mol. The van der Waals surface area contributed by atoms with Gasteiger partial charge in [0.1, 0.15) is 73.0 Å². The number of nitrogens with two attached hydrogens (primary N) is 3. The van der Waals surface area contributed by atoms with Gasteiger partial charge in [-0.1, -0.05) is 16.8 Å². The normalized spacial score (nSPS) is 31.2. The Kier molecular flexibility index (Phi) is 15.1. The van der Waals surface area contributed by atoms with E-state index in [1.807, 2.05) is 0 Å². The molecule has 0 saturated carbocycles. The fourth-order valence-corrected chi connectivity index (χ4v) is 13.3. The van der Waals surface area contributed by atoms with E-state index in [4.69, 9.17) is 61.5 Å². The number of aromatic amines is 2. The number of phosphoric ester groups is 2. The largest absolute Gasteiger partial charge is 0.780 e. The number of aryl methyl sites for hydroxylation is 1. The van der Waals surface area contributed by atoms with Crippen LogP contribution in [0.2, 0.25) is 0 Å². The van der Waals surface area contributed by atoms with Gasteiger partial charge < -0.3 is 94.2 Å². The fourth-order valence-electron chi connectivity index (χ4n) is 8.53. The van der Waals surface area contributed by atoms with E-state index in [9.17, 15) is 63.3 Å². The molecule has 3 aliphatic heterocycles. The average Bonchev–Trinajstić information content (AvgIpc) is 4.16. The molecule has 76 heavy (non-hydrogen) atoms. The smallest absolute Gasteiger partial charge is 0.313 e. The number of hydrogen-bond acceptors (Lipinski definition) is 33. The standard InChI is InChI=1S/C33H45N15O23P4S/c1-33(54)21(51)13(68-30(33)48-10-45(2)16-25(48)42-32(36)44-27(16)53)6-64-73(57,58)71-74(59,60)70-72(55,56)63-5-12-19(20(62-3)29(67-12)46-8-39-14-22(34)37-7-38-23(14)46)69-75(61,76)65-4-11-17(49)18(50)28(66-11)47-9-40-15-24(47)41-31(35)43-26(15)52/h7-13,17-21,28-30,49-51,54H,4-6H2,1-3H3,(H11-,34,35,36,37,38,41,42,43,44,52,53,55,56,57,58,59,60,61,76)/p-3. The molecule has 3 fully saturated rings. The zero-order valence-corrected chi connectivity index (χ0v) is 43.1. The summed E-state index contributed by atoms with van der Waals surface area (Å²) in [4.78, 5) is 106. The van der Waals surface area contributed by atoms with Crippen LogP contribution >= 0.6 is 30.2 Å². The molecule has 6 aromatic heterocycles. The first kappa shape index (κ1) is 56.0. The summed E-state index contributed by atoms with van der Waals surface area (Å²) in [7, 11) is -16.5. The van der Waals surface area contributed by atoms with Crippen LogP contribution in [0.5, 0.6) is 0 Å². The van der Waals surface area contributed by atoms with Crippen LogP contribution in [0.25, 0.3) is 33.5 Å². The summed E-state index contributed by atoms with van der Waals surface area (Å²) in [6, 6.07) is 0. The zero-order chi connectivity index (χ0) is 55.2. The van der Waals surface area contributed by atoms with Gasteiger partial charge in [0.2, 0.25) is 17.7 Å². The summed E-state index contributed by atoms with van der Waals surface area (Å²) in [5, 5.41) is 43.9. The molecule has 0 bridgehead atoms. The monoisotopic (exact) mass is 1170 g/mol. The maximum atomic E-state index is 13.9. The number of nitrogens with one attached hydrogen (secondary N) is 2. The molecule has 12 N–H and O–H groups in total. The second-order valence-corrected chi connectivity index (χ2v) is 24.2. The highest BCUT2D eigenvalue weighted by Gasteiger charge is 2.56. The van der Waals surface area contributed by atoms with Crippen LogP contribution in [0.3, 0.4) is 0 Å². The second kappa shape index (κ2) is 20.5. The van der Waals surface area contributed by atoms with Gasteiger partial charge in [-0.25, -0.2) is 33.1 Å². The van der Waals surface area contributed by atoms with Crippen LogP contribution < -0.4 is 52.5 Å². The molecule has 43 heteroatoms. The van der Waals surface area contributed by atoms with E-state index in [1.165, 1.54) is 22.5 Å². The quantitative estimate of drug-likeness (QED) is 0.0269. The molecule has 9 rings (SSSR count). The number of H-pyrrole nitrogens is 2. The lowest BCUT2D eigenvalue weighted by atomic mass is 9.96. The minimum absolute atomic E-state index is 0.0152. The number of rotatable bonds is 19. The number of hydrogen-bond donors (Lipinski definition) is 9. The summed E-state index contributed by atoms with van der Waals surface area (Å²) in [6.07, 6.45) is -13.9. The highest BCUT2D eigenvalue weighted by Crippen LogP contribution is 2.63.